The molecule has 100 valence electrons. The van der Waals surface area contributed by atoms with E-state index >= 15 is 0 Å². The molecule has 18 heavy (non-hydrogen) atoms. The van der Waals surface area contributed by atoms with Crippen molar-refractivity contribution in [2.75, 3.05) is 24.2 Å². The largest absolute Gasteiger partial charge is 0.398 e. The van der Waals surface area contributed by atoms with Gasteiger partial charge in [-0.3, -0.25) is 4.79 Å². The van der Waals surface area contributed by atoms with Gasteiger partial charge in [0.1, 0.15) is 0 Å². The summed E-state index contributed by atoms with van der Waals surface area (Å²) in [6.45, 7) is 6.16. The minimum absolute atomic E-state index is 0.00822. The molecule has 1 amide bonds. The molecule has 0 radical (unpaired) electrons. The van der Waals surface area contributed by atoms with Gasteiger partial charge in [0, 0.05) is 23.2 Å². The Morgan fingerprint density at radius 3 is 2.67 bits per heavy atom. The predicted octanol–water partition coefficient (Wildman–Crippen LogP) is 2.30. The molecule has 0 heterocycles. The number of halogens is 1. The second-order valence-electron chi connectivity index (χ2n) is 4.74. The Balaban J connectivity index is 2.81. The fourth-order valence-corrected chi connectivity index (χ4v) is 2.31. The third-order valence-electron chi connectivity index (χ3n) is 2.58. The van der Waals surface area contributed by atoms with Crippen molar-refractivity contribution in [2.24, 2.45) is 0 Å². The Morgan fingerprint density at radius 1 is 1.50 bits per heavy atom. The minimum Gasteiger partial charge on any atom is -0.398 e. The molecule has 1 aromatic rings. The molecule has 0 aliphatic carbocycles. The summed E-state index contributed by atoms with van der Waals surface area (Å²) in [5.74, 6) is 0.00822. The number of anilines is 2. The summed E-state index contributed by atoms with van der Waals surface area (Å²) in [5.41, 5.74) is 8.53. The zero-order valence-electron chi connectivity index (χ0n) is 11.2. The number of nitrogens with zero attached hydrogens (tertiary/aromatic N) is 1. The number of likely N-dealkylation sites (N-methyl/N-ethyl adjacent to an activating group) is 1. The third kappa shape index (κ3) is 3.91. The molecule has 5 heteroatoms. The van der Waals surface area contributed by atoms with Gasteiger partial charge in [-0.2, -0.15) is 0 Å². The van der Waals surface area contributed by atoms with Gasteiger partial charge in [-0.1, -0.05) is 0 Å². The van der Waals surface area contributed by atoms with Crippen LogP contribution in [0.2, 0.25) is 0 Å². The maximum absolute atomic E-state index is 11.7. The van der Waals surface area contributed by atoms with Crippen LogP contribution in [0.5, 0.6) is 0 Å². The number of amides is 1. The minimum atomic E-state index is 0.00822. The molecule has 0 saturated carbocycles. The van der Waals surface area contributed by atoms with Crippen LogP contribution in [-0.2, 0) is 4.79 Å². The van der Waals surface area contributed by atoms with Gasteiger partial charge >= 0.3 is 0 Å². The van der Waals surface area contributed by atoms with Crippen molar-refractivity contribution >= 4 is 33.2 Å². The van der Waals surface area contributed by atoms with E-state index in [4.69, 9.17) is 5.73 Å². The Kier molecular flexibility index (Phi) is 5.02. The van der Waals surface area contributed by atoms with Gasteiger partial charge in [0.05, 0.1) is 12.2 Å². The van der Waals surface area contributed by atoms with E-state index in [0.29, 0.717) is 6.54 Å². The highest BCUT2D eigenvalue weighted by molar-refractivity contribution is 9.10. The standard InChI is InChI=1S/C13H20BrN3O/c1-8(2)16-13(18)7-17(4)12-5-9(3)11(15)6-10(12)14/h5-6,8H,7,15H2,1-4H3,(H,16,18). The Labute approximate surface area is 117 Å². The fourth-order valence-electron chi connectivity index (χ4n) is 1.64. The number of carbonyl (C=O) groups excluding carboxylic acids is 1. The number of rotatable bonds is 4. The first-order valence-electron chi connectivity index (χ1n) is 5.87. The molecular weight excluding hydrogens is 294 g/mol. The number of nitrogens with two attached hydrogens (primary N) is 1. The van der Waals surface area contributed by atoms with Gasteiger partial charge in [-0.15, -0.1) is 0 Å². The molecule has 0 saturated heterocycles. The average Bonchev–Trinajstić information content (AvgIpc) is 2.21. The molecule has 4 nitrogen and oxygen atoms in total. The highest BCUT2D eigenvalue weighted by Gasteiger charge is 2.12. The number of nitrogen functional groups attached to an aromatic ring is 1. The van der Waals surface area contributed by atoms with Gasteiger partial charge in [0.2, 0.25) is 5.91 Å². The van der Waals surface area contributed by atoms with Crippen LogP contribution in [0.3, 0.4) is 0 Å². The maximum atomic E-state index is 11.7. The number of hydrogen-bond donors (Lipinski definition) is 2. The van der Waals surface area contributed by atoms with Gasteiger partial charge in [0.15, 0.2) is 0 Å². The van der Waals surface area contributed by atoms with Crippen molar-refractivity contribution in [2.45, 2.75) is 26.8 Å². The lowest BCUT2D eigenvalue weighted by Crippen LogP contribution is -2.38. The molecule has 1 aromatic carbocycles. The Bertz CT molecular complexity index is 446. The summed E-state index contributed by atoms with van der Waals surface area (Å²) in [4.78, 5) is 13.6. The molecule has 0 aliphatic rings. The Morgan fingerprint density at radius 2 is 2.11 bits per heavy atom. The van der Waals surface area contributed by atoms with Gasteiger partial charge in [-0.25, -0.2) is 0 Å². The molecule has 0 aliphatic heterocycles. The molecule has 3 N–H and O–H groups in total. The van der Waals surface area contributed by atoms with Crippen molar-refractivity contribution in [3.63, 3.8) is 0 Å². The highest BCUT2D eigenvalue weighted by atomic mass is 79.9. The van der Waals surface area contributed by atoms with E-state index in [1.54, 1.807) is 0 Å². The van der Waals surface area contributed by atoms with Gasteiger partial charge < -0.3 is 16.0 Å². The monoisotopic (exact) mass is 313 g/mol. The first-order valence-corrected chi connectivity index (χ1v) is 6.66. The van der Waals surface area contributed by atoms with Crippen LogP contribution in [0.25, 0.3) is 0 Å². The third-order valence-corrected chi connectivity index (χ3v) is 3.21. The number of nitrogens with one attached hydrogen (secondary N) is 1. The SMILES string of the molecule is Cc1cc(N(C)CC(=O)NC(C)C)c(Br)cc1N. The van der Waals surface area contributed by atoms with Crippen molar-refractivity contribution in [1.29, 1.82) is 0 Å². The van der Waals surface area contributed by atoms with Crippen LogP contribution in [0, 0.1) is 6.92 Å². The summed E-state index contributed by atoms with van der Waals surface area (Å²) < 4.78 is 0.894. The second kappa shape index (κ2) is 6.09. The van der Waals surface area contributed by atoms with Crippen LogP contribution >= 0.6 is 15.9 Å². The van der Waals surface area contributed by atoms with Crippen molar-refractivity contribution in [1.82, 2.24) is 5.32 Å². The zero-order valence-corrected chi connectivity index (χ0v) is 12.8. The van der Waals surface area contributed by atoms with Crippen molar-refractivity contribution in [3.05, 3.63) is 22.2 Å². The van der Waals surface area contributed by atoms with E-state index in [1.165, 1.54) is 0 Å². The lowest BCUT2D eigenvalue weighted by molar-refractivity contribution is -0.120. The van der Waals surface area contributed by atoms with Crippen LogP contribution in [0.4, 0.5) is 11.4 Å². The second-order valence-corrected chi connectivity index (χ2v) is 5.59. The van der Waals surface area contributed by atoms with E-state index in [9.17, 15) is 4.79 Å². The molecule has 0 unspecified atom stereocenters. The number of carbonyl (C=O) groups is 1. The molecule has 0 bridgehead atoms. The van der Waals surface area contributed by atoms with Gasteiger partial charge in [0.25, 0.3) is 0 Å². The van der Waals surface area contributed by atoms with E-state index in [0.717, 1.165) is 21.4 Å². The molecule has 0 atom stereocenters. The fraction of sp³-hybridized carbons (Fsp3) is 0.462. The molecular formula is C13H20BrN3O. The summed E-state index contributed by atoms with van der Waals surface area (Å²) in [7, 11) is 1.88. The van der Waals surface area contributed by atoms with E-state index in [2.05, 4.69) is 21.2 Å². The lowest BCUT2D eigenvalue weighted by atomic mass is 10.1. The maximum Gasteiger partial charge on any atom is 0.239 e. The highest BCUT2D eigenvalue weighted by Crippen LogP contribution is 2.29. The zero-order chi connectivity index (χ0) is 13.9. The van der Waals surface area contributed by atoms with Crippen molar-refractivity contribution < 1.29 is 4.79 Å². The lowest BCUT2D eigenvalue weighted by Gasteiger charge is -2.22. The molecule has 0 fully saturated rings. The molecule has 0 spiro atoms. The summed E-state index contributed by atoms with van der Waals surface area (Å²) in [6, 6.07) is 3.99. The van der Waals surface area contributed by atoms with Crippen molar-refractivity contribution in [3.8, 4) is 0 Å². The number of aryl methyl sites for hydroxylation is 1. The van der Waals surface area contributed by atoms with Crippen LogP contribution < -0.4 is 16.0 Å². The Hall–Kier alpha value is -1.23. The average molecular weight is 314 g/mol. The van der Waals surface area contributed by atoms with Crippen LogP contribution in [-0.4, -0.2) is 25.5 Å². The molecule has 1 rings (SSSR count). The normalized spacial score (nSPS) is 10.6. The van der Waals surface area contributed by atoms with E-state index < -0.39 is 0 Å². The summed E-state index contributed by atoms with van der Waals surface area (Å²) in [6.07, 6.45) is 0. The summed E-state index contributed by atoms with van der Waals surface area (Å²) in [5, 5.41) is 2.87. The number of benzene rings is 1. The molecule has 0 aromatic heterocycles. The van der Waals surface area contributed by atoms with E-state index in [1.807, 2.05) is 44.9 Å². The first kappa shape index (κ1) is 14.8. The van der Waals surface area contributed by atoms with Crippen LogP contribution in [0.15, 0.2) is 16.6 Å². The van der Waals surface area contributed by atoms with Gasteiger partial charge in [-0.05, 0) is 54.4 Å². The predicted molar refractivity (Wildman–Crippen MR) is 79.8 cm³/mol. The topological polar surface area (TPSA) is 58.4 Å². The first-order chi connectivity index (χ1) is 8.31. The smallest absolute Gasteiger partial charge is 0.239 e. The number of hydrogen-bond acceptors (Lipinski definition) is 3. The van der Waals surface area contributed by atoms with Crippen LogP contribution in [0.1, 0.15) is 19.4 Å². The van der Waals surface area contributed by atoms with E-state index in [-0.39, 0.29) is 11.9 Å². The summed E-state index contributed by atoms with van der Waals surface area (Å²) >= 11 is 3.47. The quantitative estimate of drug-likeness (QED) is 0.839.